The Hall–Kier alpha value is -0.660. The fraction of sp³-hybridized carbons (Fsp3) is 0.923. The van der Waals surface area contributed by atoms with Crippen molar-refractivity contribution < 1.29 is 13.2 Å². The summed E-state index contributed by atoms with van der Waals surface area (Å²) in [5.74, 6) is 1.02. The number of nitrogens with zero attached hydrogens (tertiary/aromatic N) is 2. The molecule has 6 nitrogen and oxygen atoms in total. The van der Waals surface area contributed by atoms with Gasteiger partial charge >= 0.3 is 0 Å². The number of nitrogens with one attached hydrogen (secondary N) is 1. The predicted octanol–water partition coefficient (Wildman–Crippen LogP) is -0.0297. The number of carbonyl (C=O) groups excluding carboxylic acids is 1. The van der Waals surface area contributed by atoms with Crippen LogP contribution in [0.5, 0.6) is 0 Å². The minimum Gasteiger partial charge on any atom is -0.341 e. The van der Waals surface area contributed by atoms with E-state index >= 15 is 0 Å². The Morgan fingerprint density at radius 3 is 2.35 bits per heavy atom. The molecule has 1 amide bonds. The van der Waals surface area contributed by atoms with Gasteiger partial charge in [0.15, 0.2) is 0 Å². The standard InChI is InChI=1S/C13H27N3O3S/c1-10(2)11-8-16(9-12(11)15(3)4)13(17)6-7-14-20(5,18)19/h10-12,14H,6-9H2,1-5H3/t11-,12+/m1/s1. The first-order chi connectivity index (χ1) is 9.11. The number of rotatable bonds is 6. The third kappa shape index (κ3) is 5.03. The van der Waals surface area contributed by atoms with Gasteiger partial charge in [-0.15, -0.1) is 0 Å². The van der Waals surface area contributed by atoms with Crippen LogP contribution in [0.3, 0.4) is 0 Å². The molecule has 118 valence electrons. The second-order valence-electron chi connectivity index (χ2n) is 6.15. The van der Waals surface area contributed by atoms with Crippen molar-refractivity contribution in [2.75, 3.05) is 40.0 Å². The van der Waals surface area contributed by atoms with E-state index in [2.05, 4.69) is 23.5 Å². The molecule has 7 heteroatoms. The molecule has 0 saturated carbocycles. The lowest BCUT2D eigenvalue weighted by Gasteiger charge is -2.27. The van der Waals surface area contributed by atoms with Gasteiger partial charge in [-0.05, 0) is 25.9 Å². The van der Waals surface area contributed by atoms with Gasteiger partial charge in [-0.3, -0.25) is 4.79 Å². The smallest absolute Gasteiger partial charge is 0.223 e. The van der Waals surface area contributed by atoms with Gasteiger partial charge in [-0.25, -0.2) is 13.1 Å². The molecule has 0 aromatic carbocycles. The van der Waals surface area contributed by atoms with Crippen LogP contribution in [-0.4, -0.2) is 70.2 Å². The summed E-state index contributed by atoms with van der Waals surface area (Å²) in [4.78, 5) is 16.2. The first-order valence-corrected chi connectivity index (χ1v) is 8.89. The van der Waals surface area contributed by atoms with Crippen LogP contribution in [0.4, 0.5) is 0 Å². The SMILES string of the molecule is CC(C)[C@H]1CN(C(=O)CCNS(C)(=O)=O)C[C@@H]1N(C)C. The number of sulfonamides is 1. The fourth-order valence-electron chi connectivity index (χ4n) is 2.72. The molecule has 20 heavy (non-hydrogen) atoms. The summed E-state index contributed by atoms with van der Waals surface area (Å²) in [5, 5.41) is 0. The summed E-state index contributed by atoms with van der Waals surface area (Å²) in [6.07, 6.45) is 1.32. The molecule has 1 rings (SSSR count). The van der Waals surface area contributed by atoms with Crippen molar-refractivity contribution in [2.24, 2.45) is 11.8 Å². The maximum atomic E-state index is 12.1. The summed E-state index contributed by atoms with van der Waals surface area (Å²) in [6.45, 7) is 6.03. The van der Waals surface area contributed by atoms with Gasteiger partial charge in [0, 0.05) is 32.1 Å². The van der Waals surface area contributed by atoms with E-state index < -0.39 is 10.0 Å². The quantitative estimate of drug-likeness (QED) is 0.748. The lowest BCUT2D eigenvalue weighted by molar-refractivity contribution is -0.130. The Bertz CT molecular complexity index is 418. The molecular weight excluding hydrogens is 278 g/mol. The number of likely N-dealkylation sites (tertiary alicyclic amines) is 1. The second kappa shape index (κ2) is 6.87. The molecule has 1 heterocycles. The molecule has 1 N–H and O–H groups in total. The number of amides is 1. The Morgan fingerprint density at radius 2 is 1.95 bits per heavy atom. The van der Waals surface area contributed by atoms with Crippen molar-refractivity contribution in [2.45, 2.75) is 26.3 Å². The van der Waals surface area contributed by atoms with Gasteiger partial charge in [-0.1, -0.05) is 13.8 Å². The molecule has 1 fully saturated rings. The van der Waals surface area contributed by atoms with Crippen molar-refractivity contribution in [3.8, 4) is 0 Å². The van der Waals surface area contributed by atoms with Crippen LogP contribution in [0.2, 0.25) is 0 Å². The molecule has 1 saturated heterocycles. The zero-order chi connectivity index (χ0) is 15.5. The summed E-state index contributed by atoms with van der Waals surface area (Å²) < 4.78 is 24.3. The van der Waals surface area contributed by atoms with E-state index in [1.807, 2.05) is 19.0 Å². The molecule has 0 radical (unpaired) electrons. The zero-order valence-electron chi connectivity index (χ0n) is 13.1. The van der Waals surface area contributed by atoms with Crippen LogP contribution >= 0.6 is 0 Å². The first-order valence-electron chi connectivity index (χ1n) is 7.00. The Morgan fingerprint density at radius 1 is 1.35 bits per heavy atom. The summed E-state index contributed by atoms with van der Waals surface area (Å²) in [5.41, 5.74) is 0. The molecule has 1 aliphatic heterocycles. The highest BCUT2D eigenvalue weighted by atomic mass is 32.2. The monoisotopic (exact) mass is 305 g/mol. The van der Waals surface area contributed by atoms with Crippen molar-refractivity contribution in [3.63, 3.8) is 0 Å². The van der Waals surface area contributed by atoms with Crippen molar-refractivity contribution in [3.05, 3.63) is 0 Å². The van der Waals surface area contributed by atoms with Crippen molar-refractivity contribution in [1.82, 2.24) is 14.5 Å². The lowest BCUT2D eigenvalue weighted by Crippen LogP contribution is -2.38. The largest absolute Gasteiger partial charge is 0.341 e. The number of likely N-dealkylation sites (N-methyl/N-ethyl adjacent to an activating group) is 1. The van der Waals surface area contributed by atoms with Crippen molar-refractivity contribution in [1.29, 1.82) is 0 Å². The minimum absolute atomic E-state index is 0.0242. The maximum Gasteiger partial charge on any atom is 0.223 e. The topological polar surface area (TPSA) is 69.7 Å². The van der Waals surface area contributed by atoms with Crippen LogP contribution in [0.25, 0.3) is 0 Å². The third-order valence-electron chi connectivity index (χ3n) is 3.91. The normalized spacial score (nSPS) is 23.9. The van der Waals surface area contributed by atoms with Crippen molar-refractivity contribution >= 4 is 15.9 Å². The average Bonchev–Trinajstić information content (AvgIpc) is 2.71. The van der Waals surface area contributed by atoms with Crippen LogP contribution in [0, 0.1) is 11.8 Å². The van der Waals surface area contributed by atoms with E-state index in [-0.39, 0.29) is 18.9 Å². The molecule has 0 bridgehead atoms. The van der Waals surface area contributed by atoms with Gasteiger partial charge in [0.1, 0.15) is 0 Å². The summed E-state index contributed by atoms with van der Waals surface area (Å²) in [6, 6.07) is 0.377. The van der Waals surface area contributed by atoms with Gasteiger partial charge in [0.25, 0.3) is 0 Å². The van der Waals surface area contributed by atoms with E-state index in [0.29, 0.717) is 17.9 Å². The lowest BCUT2D eigenvalue weighted by atomic mass is 9.91. The van der Waals surface area contributed by atoms with E-state index in [4.69, 9.17) is 0 Å². The van der Waals surface area contributed by atoms with E-state index in [1.165, 1.54) is 0 Å². The molecule has 0 aromatic rings. The predicted molar refractivity (Wildman–Crippen MR) is 79.8 cm³/mol. The summed E-state index contributed by atoms with van der Waals surface area (Å²) >= 11 is 0. The van der Waals surface area contributed by atoms with Gasteiger partial charge in [0.2, 0.25) is 15.9 Å². The highest BCUT2D eigenvalue weighted by Gasteiger charge is 2.37. The third-order valence-corrected chi connectivity index (χ3v) is 4.64. The first kappa shape index (κ1) is 17.4. The number of hydrogen-bond donors (Lipinski definition) is 1. The van der Waals surface area contributed by atoms with Gasteiger partial charge in [-0.2, -0.15) is 0 Å². The molecular formula is C13H27N3O3S. The Kier molecular flexibility index (Phi) is 5.97. The van der Waals surface area contributed by atoms with E-state index in [9.17, 15) is 13.2 Å². The average molecular weight is 305 g/mol. The molecule has 2 atom stereocenters. The van der Waals surface area contributed by atoms with E-state index in [0.717, 1.165) is 19.3 Å². The minimum atomic E-state index is -3.22. The molecule has 0 unspecified atom stereocenters. The fourth-order valence-corrected chi connectivity index (χ4v) is 3.19. The Labute approximate surface area is 122 Å². The van der Waals surface area contributed by atoms with Crippen LogP contribution < -0.4 is 4.72 Å². The Balaban J connectivity index is 2.54. The molecule has 0 spiro atoms. The molecule has 0 aromatic heterocycles. The second-order valence-corrected chi connectivity index (χ2v) is 7.99. The maximum absolute atomic E-state index is 12.1. The highest BCUT2D eigenvalue weighted by Crippen LogP contribution is 2.27. The van der Waals surface area contributed by atoms with Crippen LogP contribution in [-0.2, 0) is 14.8 Å². The van der Waals surface area contributed by atoms with Gasteiger partial charge in [0.05, 0.1) is 6.26 Å². The van der Waals surface area contributed by atoms with E-state index in [1.54, 1.807) is 0 Å². The van der Waals surface area contributed by atoms with Gasteiger partial charge < -0.3 is 9.80 Å². The van der Waals surface area contributed by atoms with Crippen LogP contribution in [0.15, 0.2) is 0 Å². The summed E-state index contributed by atoms with van der Waals surface area (Å²) in [7, 11) is 0.861. The zero-order valence-corrected chi connectivity index (χ0v) is 13.9. The van der Waals surface area contributed by atoms with Crippen LogP contribution in [0.1, 0.15) is 20.3 Å². The number of carbonyl (C=O) groups is 1. The molecule has 0 aliphatic carbocycles. The highest BCUT2D eigenvalue weighted by molar-refractivity contribution is 7.88. The number of hydrogen-bond acceptors (Lipinski definition) is 4. The molecule has 1 aliphatic rings.